The van der Waals surface area contributed by atoms with Crippen molar-refractivity contribution in [2.45, 2.75) is 6.04 Å². The van der Waals surface area contributed by atoms with E-state index in [-0.39, 0.29) is 12.5 Å². The predicted octanol–water partition coefficient (Wildman–Crippen LogP) is 1.23. The zero-order valence-electron chi connectivity index (χ0n) is 9.10. The molecule has 2 rings (SSSR count). The van der Waals surface area contributed by atoms with Crippen molar-refractivity contribution >= 4 is 6.47 Å². The Hall–Kier alpha value is -2.27. The number of nitrogens with zero attached hydrogens (tertiary/aromatic N) is 2. The van der Waals surface area contributed by atoms with Gasteiger partial charge in [-0.15, -0.1) is 0 Å². The molecule has 0 aliphatic carbocycles. The fraction of sp³-hybridized carbons (Fsp3) is 0.0833. The van der Waals surface area contributed by atoms with Crippen molar-refractivity contribution < 1.29 is 9.90 Å². The lowest BCUT2D eigenvalue weighted by Gasteiger charge is -2.09. The Morgan fingerprint density at radius 3 is 1.76 bits per heavy atom. The van der Waals surface area contributed by atoms with Crippen molar-refractivity contribution in [2.24, 2.45) is 5.73 Å². The number of hydrogen-bond donors (Lipinski definition) is 2. The number of hydrogen-bond acceptors (Lipinski definition) is 4. The van der Waals surface area contributed by atoms with Gasteiger partial charge in [0.25, 0.3) is 6.47 Å². The van der Waals surface area contributed by atoms with Gasteiger partial charge in [0.05, 0.1) is 17.4 Å². The van der Waals surface area contributed by atoms with Crippen molar-refractivity contribution in [3.8, 4) is 0 Å². The molecule has 88 valence electrons. The van der Waals surface area contributed by atoms with Gasteiger partial charge in [-0.1, -0.05) is 12.1 Å². The van der Waals surface area contributed by atoms with Gasteiger partial charge in [0.15, 0.2) is 0 Å². The third-order valence-corrected chi connectivity index (χ3v) is 2.01. The highest BCUT2D eigenvalue weighted by Gasteiger charge is 2.09. The van der Waals surface area contributed by atoms with E-state index < -0.39 is 0 Å². The average Bonchev–Trinajstić information content (AvgIpc) is 2.41. The molecule has 0 radical (unpaired) electrons. The Labute approximate surface area is 99.0 Å². The smallest absolute Gasteiger partial charge is 0.290 e. The third-order valence-electron chi connectivity index (χ3n) is 2.01. The lowest BCUT2D eigenvalue weighted by atomic mass is 10.1. The van der Waals surface area contributed by atoms with E-state index in [4.69, 9.17) is 15.6 Å². The van der Waals surface area contributed by atoms with E-state index >= 15 is 0 Å². The van der Waals surface area contributed by atoms with Gasteiger partial charge in [0.2, 0.25) is 0 Å². The quantitative estimate of drug-likeness (QED) is 0.759. The zero-order valence-corrected chi connectivity index (χ0v) is 9.10. The monoisotopic (exact) mass is 231 g/mol. The summed E-state index contributed by atoms with van der Waals surface area (Å²) in [5.74, 6) is 0. The number of aromatic nitrogens is 2. The van der Waals surface area contributed by atoms with Gasteiger partial charge in [-0.3, -0.25) is 14.8 Å². The molecule has 0 saturated carbocycles. The van der Waals surface area contributed by atoms with Crippen LogP contribution in [0.15, 0.2) is 48.8 Å². The number of carbonyl (C=O) groups is 1. The van der Waals surface area contributed by atoms with Crippen LogP contribution in [0.4, 0.5) is 0 Å². The molecule has 5 nitrogen and oxygen atoms in total. The normalized spacial score (nSPS) is 9.29. The van der Waals surface area contributed by atoms with Gasteiger partial charge in [0.1, 0.15) is 0 Å². The van der Waals surface area contributed by atoms with Gasteiger partial charge in [-0.25, -0.2) is 0 Å². The molecule has 0 spiro atoms. The van der Waals surface area contributed by atoms with Crippen molar-refractivity contribution in [1.29, 1.82) is 0 Å². The van der Waals surface area contributed by atoms with E-state index in [1.807, 2.05) is 36.4 Å². The van der Waals surface area contributed by atoms with Crippen LogP contribution < -0.4 is 5.73 Å². The third kappa shape index (κ3) is 4.00. The molecule has 0 atom stereocenters. The van der Waals surface area contributed by atoms with Crippen LogP contribution >= 0.6 is 0 Å². The summed E-state index contributed by atoms with van der Waals surface area (Å²) in [7, 11) is 0. The standard InChI is InChI=1S/C11H11N3.CH2O2/c12-11(9-5-1-3-7-13-9)10-6-2-4-8-14-10;2-1-3/h1-8,11H,12H2;1H,(H,2,3). The highest BCUT2D eigenvalue weighted by atomic mass is 16.3. The van der Waals surface area contributed by atoms with Gasteiger partial charge in [-0.05, 0) is 24.3 Å². The summed E-state index contributed by atoms with van der Waals surface area (Å²) in [6, 6.07) is 11.1. The first-order valence-corrected chi connectivity index (χ1v) is 4.95. The molecule has 0 aliphatic rings. The van der Waals surface area contributed by atoms with Crippen LogP contribution in [0.25, 0.3) is 0 Å². The summed E-state index contributed by atoms with van der Waals surface area (Å²) >= 11 is 0. The maximum Gasteiger partial charge on any atom is 0.290 e. The van der Waals surface area contributed by atoms with Crippen molar-refractivity contribution in [1.82, 2.24) is 9.97 Å². The van der Waals surface area contributed by atoms with Gasteiger partial charge < -0.3 is 10.8 Å². The van der Waals surface area contributed by atoms with E-state index in [0.717, 1.165) is 11.4 Å². The highest BCUT2D eigenvalue weighted by Crippen LogP contribution is 2.13. The van der Waals surface area contributed by atoms with Crippen LogP contribution in [-0.2, 0) is 4.79 Å². The molecule has 0 fully saturated rings. The highest BCUT2D eigenvalue weighted by molar-refractivity contribution is 5.32. The van der Waals surface area contributed by atoms with Crippen molar-refractivity contribution in [2.75, 3.05) is 0 Å². The summed E-state index contributed by atoms with van der Waals surface area (Å²) < 4.78 is 0. The first kappa shape index (κ1) is 12.8. The summed E-state index contributed by atoms with van der Waals surface area (Å²) in [6.45, 7) is -0.250. The number of pyridine rings is 2. The predicted molar refractivity (Wildman–Crippen MR) is 63.2 cm³/mol. The lowest BCUT2D eigenvalue weighted by molar-refractivity contribution is -0.122. The van der Waals surface area contributed by atoms with Gasteiger partial charge in [0, 0.05) is 12.4 Å². The first-order chi connectivity index (χ1) is 8.29. The molecular formula is C12H13N3O2. The second-order valence-electron chi connectivity index (χ2n) is 3.09. The van der Waals surface area contributed by atoms with E-state index in [2.05, 4.69) is 9.97 Å². The Morgan fingerprint density at radius 2 is 1.47 bits per heavy atom. The van der Waals surface area contributed by atoms with Crippen LogP contribution in [0.5, 0.6) is 0 Å². The summed E-state index contributed by atoms with van der Waals surface area (Å²) in [4.78, 5) is 16.7. The first-order valence-electron chi connectivity index (χ1n) is 4.95. The van der Waals surface area contributed by atoms with E-state index in [0.29, 0.717) is 0 Å². The molecule has 5 heteroatoms. The zero-order chi connectivity index (χ0) is 12.5. The molecule has 2 heterocycles. The molecule has 2 aromatic heterocycles. The molecule has 17 heavy (non-hydrogen) atoms. The topological polar surface area (TPSA) is 89.1 Å². The second kappa shape index (κ2) is 7.08. The van der Waals surface area contributed by atoms with E-state index in [1.54, 1.807) is 12.4 Å². The van der Waals surface area contributed by atoms with E-state index in [9.17, 15) is 0 Å². The maximum atomic E-state index is 8.36. The number of nitrogens with two attached hydrogens (primary N) is 1. The van der Waals surface area contributed by atoms with Crippen LogP contribution in [0.3, 0.4) is 0 Å². The Balaban J connectivity index is 0.000000437. The average molecular weight is 231 g/mol. The molecule has 0 aromatic carbocycles. The van der Waals surface area contributed by atoms with Crippen LogP contribution in [0.2, 0.25) is 0 Å². The largest absolute Gasteiger partial charge is 0.483 e. The Morgan fingerprint density at radius 1 is 1.06 bits per heavy atom. The Bertz CT molecular complexity index is 395. The molecule has 0 unspecified atom stereocenters. The van der Waals surface area contributed by atoms with Crippen molar-refractivity contribution in [3.05, 3.63) is 60.2 Å². The SMILES string of the molecule is NC(c1ccccn1)c1ccccn1.O=CO. The minimum Gasteiger partial charge on any atom is -0.483 e. The van der Waals surface area contributed by atoms with Crippen LogP contribution in [-0.4, -0.2) is 21.5 Å². The molecule has 2 aromatic rings. The fourth-order valence-electron chi connectivity index (χ4n) is 1.27. The minimum atomic E-state index is -0.250. The molecular weight excluding hydrogens is 218 g/mol. The fourth-order valence-corrected chi connectivity index (χ4v) is 1.27. The van der Waals surface area contributed by atoms with Gasteiger partial charge >= 0.3 is 0 Å². The van der Waals surface area contributed by atoms with Crippen LogP contribution in [0, 0.1) is 0 Å². The summed E-state index contributed by atoms with van der Waals surface area (Å²) in [6.07, 6.45) is 3.47. The maximum absolute atomic E-state index is 8.36. The minimum absolute atomic E-state index is 0.239. The molecule has 0 saturated heterocycles. The summed E-state index contributed by atoms with van der Waals surface area (Å²) in [5.41, 5.74) is 7.67. The molecule has 0 aliphatic heterocycles. The molecule has 3 N–H and O–H groups in total. The van der Waals surface area contributed by atoms with Gasteiger partial charge in [-0.2, -0.15) is 0 Å². The van der Waals surface area contributed by atoms with Crippen LogP contribution in [0.1, 0.15) is 17.4 Å². The second-order valence-corrected chi connectivity index (χ2v) is 3.09. The van der Waals surface area contributed by atoms with E-state index in [1.165, 1.54) is 0 Å². The molecule has 0 amide bonds. The lowest BCUT2D eigenvalue weighted by Crippen LogP contribution is -2.14. The summed E-state index contributed by atoms with van der Waals surface area (Å²) in [5, 5.41) is 6.89. The number of carboxylic acid groups (broad SMARTS) is 1. The number of rotatable bonds is 2. The Kier molecular flexibility index (Phi) is 5.33. The molecule has 0 bridgehead atoms. The van der Waals surface area contributed by atoms with Crippen molar-refractivity contribution in [3.63, 3.8) is 0 Å².